The van der Waals surface area contributed by atoms with Gasteiger partial charge in [-0.3, -0.25) is 0 Å². The van der Waals surface area contributed by atoms with Gasteiger partial charge in [0.2, 0.25) is 0 Å². The van der Waals surface area contributed by atoms with E-state index in [1.165, 1.54) is 0 Å². The number of rotatable bonds is 1. The lowest BCUT2D eigenvalue weighted by Gasteiger charge is -2.07. The summed E-state index contributed by atoms with van der Waals surface area (Å²) in [7, 11) is 0. The fraction of sp³-hybridized carbons (Fsp3) is 0. The standard InChI is InChI=1S/C15H11ClN2/c16-12-7-3-1-5-10(12)15-9-13(17)11-6-2-4-8-14(11)18-15/h1-9H,(H2,17,18). The second kappa shape index (κ2) is 4.31. The minimum atomic E-state index is 0.680. The summed E-state index contributed by atoms with van der Waals surface area (Å²) in [6.45, 7) is 0. The Morgan fingerprint density at radius 1 is 0.944 bits per heavy atom. The average molecular weight is 255 g/mol. The third kappa shape index (κ3) is 1.81. The molecule has 0 atom stereocenters. The van der Waals surface area contributed by atoms with Crippen LogP contribution in [-0.4, -0.2) is 4.98 Å². The Balaban J connectivity index is 2.28. The second-order valence-corrected chi connectivity index (χ2v) is 4.50. The molecule has 2 nitrogen and oxygen atoms in total. The van der Waals surface area contributed by atoms with Gasteiger partial charge in [0.15, 0.2) is 0 Å². The molecule has 3 heteroatoms. The number of halogens is 1. The number of nitrogens with zero attached hydrogens (tertiary/aromatic N) is 1. The molecule has 88 valence electrons. The van der Waals surface area contributed by atoms with Crippen molar-refractivity contribution in [1.29, 1.82) is 0 Å². The topological polar surface area (TPSA) is 38.9 Å². The first kappa shape index (κ1) is 11.1. The van der Waals surface area contributed by atoms with Crippen LogP contribution < -0.4 is 5.73 Å². The Hall–Kier alpha value is -2.06. The number of para-hydroxylation sites is 1. The molecule has 3 rings (SSSR count). The molecule has 1 aromatic heterocycles. The number of pyridine rings is 1. The molecule has 18 heavy (non-hydrogen) atoms. The van der Waals surface area contributed by atoms with Crippen LogP contribution in [0.3, 0.4) is 0 Å². The predicted octanol–water partition coefficient (Wildman–Crippen LogP) is 4.14. The van der Waals surface area contributed by atoms with E-state index in [0.717, 1.165) is 27.8 Å². The summed E-state index contributed by atoms with van der Waals surface area (Å²) in [6.07, 6.45) is 0. The smallest absolute Gasteiger partial charge is 0.0745 e. The van der Waals surface area contributed by atoms with Gasteiger partial charge >= 0.3 is 0 Å². The summed E-state index contributed by atoms with van der Waals surface area (Å²) < 4.78 is 0. The summed E-state index contributed by atoms with van der Waals surface area (Å²) >= 11 is 6.18. The first-order chi connectivity index (χ1) is 8.75. The van der Waals surface area contributed by atoms with E-state index in [1.807, 2.05) is 54.6 Å². The Morgan fingerprint density at radius 2 is 1.67 bits per heavy atom. The lowest BCUT2D eigenvalue weighted by Crippen LogP contribution is -1.92. The van der Waals surface area contributed by atoms with Gasteiger partial charge in [0.05, 0.1) is 11.2 Å². The Bertz CT molecular complexity index is 723. The van der Waals surface area contributed by atoms with Gasteiger partial charge in [0.25, 0.3) is 0 Å². The van der Waals surface area contributed by atoms with Crippen LogP contribution in [0, 0.1) is 0 Å². The highest BCUT2D eigenvalue weighted by Crippen LogP contribution is 2.30. The van der Waals surface area contributed by atoms with Gasteiger partial charge in [0, 0.05) is 21.7 Å². The molecule has 2 N–H and O–H groups in total. The van der Waals surface area contributed by atoms with E-state index < -0.39 is 0 Å². The minimum Gasteiger partial charge on any atom is -0.398 e. The first-order valence-electron chi connectivity index (χ1n) is 5.66. The maximum Gasteiger partial charge on any atom is 0.0745 e. The first-order valence-corrected chi connectivity index (χ1v) is 6.03. The number of benzene rings is 2. The molecule has 0 fully saturated rings. The second-order valence-electron chi connectivity index (χ2n) is 4.09. The molecule has 0 bridgehead atoms. The molecular weight excluding hydrogens is 244 g/mol. The van der Waals surface area contributed by atoms with E-state index in [9.17, 15) is 0 Å². The lowest BCUT2D eigenvalue weighted by molar-refractivity contribution is 1.40. The zero-order chi connectivity index (χ0) is 12.5. The van der Waals surface area contributed by atoms with E-state index in [1.54, 1.807) is 0 Å². The molecule has 0 saturated heterocycles. The highest BCUT2D eigenvalue weighted by atomic mass is 35.5. The molecular formula is C15H11ClN2. The number of nitrogens with two attached hydrogens (primary N) is 1. The lowest BCUT2D eigenvalue weighted by atomic mass is 10.1. The Labute approximate surface area is 110 Å². The summed E-state index contributed by atoms with van der Waals surface area (Å²) in [5.41, 5.74) is 9.36. The van der Waals surface area contributed by atoms with Crippen molar-refractivity contribution in [2.75, 3.05) is 5.73 Å². The van der Waals surface area contributed by atoms with Gasteiger partial charge in [-0.25, -0.2) is 4.98 Å². The third-order valence-corrected chi connectivity index (χ3v) is 3.23. The van der Waals surface area contributed by atoms with E-state index >= 15 is 0 Å². The Kier molecular flexibility index (Phi) is 2.65. The van der Waals surface area contributed by atoms with Crippen molar-refractivity contribution in [2.45, 2.75) is 0 Å². The quantitative estimate of drug-likeness (QED) is 0.709. The van der Waals surface area contributed by atoms with Crippen LogP contribution in [0.1, 0.15) is 0 Å². The van der Waals surface area contributed by atoms with Crippen LogP contribution in [-0.2, 0) is 0 Å². The normalized spacial score (nSPS) is 10.7. The van der Waals surface area contributed by atoms with Crippen LogP contribution in [0.25, 0.3) is 22.2 Å². The fourth-order valence-corrected chi connectivity index (χ4v) is 2.24. The molecule has 0 aliphatic heterocycles. The molecule has 0 saturated carbocycles. The maximum absolute atomic E-state index is 6.18. The van der Waals surface area contributed by atoms with Crippen LogP contribution in [0.2, 0.25) is 5.02 Å². The van der Waals surface area contributed by atoms with Crippen molar-refractivity contribution in [3.63, 3.8) is 0 Å². The van der Waals surface area contributed by atoms with E-state index in [2.05, 4.69) is 4.98 Å². The van der Waals surface area contributed by atoms with E-state index in [4.69, 9.17) is 17.3 Å². The summed E-state index contributed by atoms with van der Waals surface area (Å²) in [6, 6.07) is 17.3. The molecule has 0 spiro atoms. The van der Waals surface area contributed by atoms with E-state index in [0.29, 0.717) is 5.02 Å². The van der Waals surface area contributed by atoms with Crippen molar-refractivity contribution in [3.8, 4) is 11.3 Å². The van der Waals surface area contributed by atoms with Crippen molar-refractivity contribution in [2.24, 2.45) is 0 Å². The van der Waals surface area contributed by atoms with Gasteiger partial charge in [-0.15, -0.1) is 0 Å². The van der Waals surface area contributed by atoms with Crippen LogP contribution >= 0.6 is 11.6 Å². The highest BCUT2D eigenvalue weighted by molar-refractivity contribution is 6.33. The van der Waals surface area contributed by atoms with Crippen molar-refractivity contribution < 1.29 is 0 Å². The van der Waals surface area contributed by atoms with Gasteiger partial charge in [-0.1, -0.05) is 48.0 Å². The molecule has 2 aromatic carbocycles. The number of hydrogen-bond donors (Lipinski definition) is 1. The fourth-order valence-electron chi connectivity index (χ4n) is 2.01. The third-order valence-electron chi connectivity index (χ3n) is 2.90. The largest absolute Gasteiger partial charge is 0.398 e. The number of aromatic nitrogens is 1. The zero-order valence-electron chi connectivity index (χ0n) is 9.60. The molecule has 0 aliphatic rings. The molecule has 0 radical (unpaired) electrons. The average Bonchev–Trinajstić information content (AvgIpc) is 2.39. The summed E-state index contributed by atoms with van der Waals surface area (Å²) in [5, 5.41) is 1.65. The van der Waals surface area contributed by atoms with Crippen LogP contribution in [0.15, 0.2) is 54.6 Å². The van der Waals surface area contributed by atoms with Crippen molar-refractivity contribution in [3.05, 3.63) is 59.6 Å². The molecule has 0 aliphatic carbocycles. The molecule has 0 amide bonds. The predicted molar refractivity (Wildman–Crippen MR) is 76.6 cm³/mol. The number of fused-ring (bicyclic) bond motifs is 1. The number of hydrogen-bond acceptors (Lipinski definition) is 2. The minimum absolute atomic E-state index is 0.680. The van der Waals surface area contributed by atoms with Gasteiger partial charge < -0.3 is 5.73 Å². The number of anilines is 1. The van der Waals surface area contributed by atoms with Crippen molar-refractivity contribution >= 4 is 28.2 Å². The van der Waals surface area contributed by atoms with Crippen LogP contribution in [0.5, 0.6) is 0 Å². The SMILES string of the molecule is Nc1cc(-c2ccccc2Cl)nc2ccccc12. The Morgan fingerprint density at radius 3 is 2.50 bits per heavy atom. The van der Waals surface area contributed by atoms with Crippen LogP contribution in [0.4, 0.5) is 5.69 Å². The highest BCUT2D eigenvalue weighted by Gasteiger charge is 2.07. The summed E-state index contributed by atoms with van der Waals surface area (Å²) in [5.74, 6) is 0. The maximum atomic E-state index is 6.18. The summed E-state index contributed by atoms with van der Waals surface area (Å²) in [4.78, 5) is 4.60. The van der Waals surface area contributed by atoms with Gasteiger partial charge in [-0.05, 0) is 18.2 Å². The zero-order valence-corrected chi connectivity index (χ0v) is 10.4. The number of nitrogen functional groups attached to an aromatic ring is 1. The molecule has 1 heterocycles. The molecule has 0 unspecified atom stereocenters. The van der Waals surface area contributed by atoms with Crippen molar-refractivity contribution in [1.82, 2.24) is 4.98 Å². The molecule has 3 aromatic rings. The van der Waals surface area contributed by atoms with Gasteiger partial charge in [-0.2, -0.15) is 0 Å². The monoisotopic (exact) mass is 254 g/mol. The van der Waals surface area contributed by atoms with E-state index in [-0.39, 0.29) is 0 Å². The van der Waals surface area contributed by atoms with Gasteiger partial charge in [0.1, 0.15) is 0 Å².